The molecular formula is C27H45NO2S. The van der Waals surface area contributed by atoms with E-state index in [9.17, 15) is 10.2 Å². The van der Waals surface area contributed by atoms with Crippen LogP contribution in [0.3, 0.4) is 0 Å². The molecule has 5 aliphatic rings. The van der Waals surface area contributed by atoms with Crippen LogP contribution in [0.1, 0.15) is 71.1 Å². The van der Waals surface area contributed by atoms with Gasteiger partial charge in [0.15, 0.2) is 0 Å². The van der Waals surface area contributed by atoms with Gasteiger partial charge in [0.05, 0.1) is 11.7 Å². The molecule has 0 aromatic carbocycles. The van der Waals surface area contributed by atoms with Crippen LogP contribution in [-0.2, 0) is 0 Å². The van der Waals surface area contributed by atoms with Crippen molar-refractivity contribution in [1.29, 1.82) is 0 Å². The minimum Gasteiger partial charge on any atom is -0.393 e. The number of rotatable bonds is 4. The Morgan fingerprint density at radius 3 is 2.48 bits per heavy atom. The first-order valence-electron chi connectivity index (χ1n) is 12.9. The zero-order chi connectivity index (χ0) is 22.0. The Hall–Kier alpha value is -0.450. The van der Waals surface area contributed by atoms with Gasteiger partial charge in [-0.05, 0) is 106 Å². The fourth-order valence-corrected chi connectivity index (χ4v) is 10.6. The van der Waals surface area contributed by atoms with Crippen LogP contribution in [0.25, 0.3) is 0 Å². The van der Waals surface area contributed by atoms with Gasteiger partial charge in [0.1, 0.15) is 0 Å². The van der Waals surface area contributed by atoms with Crippen LogP contribution in [0.5, 0.6) is 0 Å². The maximum Gasteiger partial charge on any atom is 0.0797 e. The summed E-state index contributed by atoms with van der Waals surface area (Å²) in [5.41, 5.74) is 4.02. The van der Waals surface area contributed by atoms with Gasteiger partial charge in [-0.1, -0.05) is 12.5 Å². The molecule has 2 saturated carbocycles. The molecule has 6 atom stereocenters. The summed E-state index contributed by atoms with van der Waals surface area (Å²) in [5, 5.41) is 23.7. The van der Waals surface area contributed by atoms with Crippen LogP contribution in [0.4, 0.5) is 0 Å². The molecule has 0 spiro atoms. The van der Waals surface area contributed by atoms with E-state index in [1.807, 2.05) is 0 Å². The van der Waals surface area contributed by atoms with Crippen molar-refractivity contribution >= 4 is 10.0 Å². The zero-order valence-electron chi connectivity index (χ0n) is 20.3. The third-order valence-corrected chi connectivity index (χ3v) is 11.1. The molecule has 1 saturated heterocycles. The summed E-state index contributed by atoms with van der Waals surface area (Å²) in [7, 11) is -0.853. The molecule has 0 aromatic heterocycles. The summed E-state index contributed by atoms with van der Waals surface area (Å²) in [6.07, 6.45) is 20.7. The van der Waals surface area contributed by atoms with E-state index in [2.05, 4.69) is 36.7 Å². The van der Waals surface area contributed by atoms with Crippen molar-refractivity contribution < 1.29 is 10.2 Å². The molecule has 176 valence electrons. The SMILES string of the molecule is CC[C@]12CC(O)(CS(C)(C)C)C3C4=C(C=C(N5CCCC5)CC4)CCC3C1CCC2O. The number of aliphatic hydroxyl groups is 2. The monoisotopic (exact) mass is 447 g/mol. The van der Waals surface area contributed by atoms with Crippen molar-refractivity contribution in [3.05, 3.63) is 22.9 Å². The predicted molar refractivity (Wildman–Crippen MR) is 133 cm³/mol. The van der Waals surface area contributed by atoms with E-state index < -0.39 is 15.6 Å². The quantitative estimate of drug-likeness (QED) is 0.632. The Morgan fingerprint density at radius 1 is 1.06 bits per heavy atom. The number of likely N-dealkylation sites (tertiary alicyclic amines) is 1. The normalized spacial score (nSPS) is 43.4. The van der Waals surface area contributed by atoms with Crippen LogP contribution in [0, 0.1) is 23.2 Å². The van der Waals surface area contributed by atoms with Gasteiger partial charge in [0, 0.05) is 35.9 Å². The van der Waals surface area contributed by atoms with Crippen molar-refractivity contribution in [2.45, 2.75) is 82.8 Å². The number of nitrogens with zero attached hydrogens (tertiary/aromatic N) is 1. The standard InChI is InChI=1S/C27H45NO2S/c1-5-26-17-27(30,18-31(2,3)4)25-21-11-9-20(28-14-6-7-15-28)16-19(21)8-10-22(25)23(26)12-13-24(26)29/h16,22-25,29-30H,5-15,17-18H2,1-4H3/t22?,23?,24?,25?,26-,27?/m0/s1. The second-order valence-corrected chi connectivity index (χ2v) is 16.8. The summed E-state index contributed by atoms with van der Waals surface area (Å²) >= 11 is 0. The summed E-state index contributed by atoms with van der Waals surface area (Å²) in [4.78, 5) is 2.62. The van der Waals surface area contributed by atoms with E-state index in [0.717, 1.165) is 44.3 Å². The second-order valence-electron chi connectivity index (χ2n) is 12.4. The first kappa shape index (κ1) is 22.3. The van der Waals surface area contributed by atoms with Gasteiger partial charge in [-0.15, -0.1) is 0 Å². The highest BCUT2D eigenvalue weighted by Gasteiger charge is 2.64. The Morgan fingerprint density at radius 2 is 1.81 bits per heavy atom. The molecule has 0 bridgehead atoms. The van der Waals surface area contributed by atoms with Gasteiger partial charge in [-0.2, -0.15) is 0 Å². The van der Waals surface area contributed by atoms with Crippen molar-refractivity contribution in [3.63, 3.8) is 0 Å². The molecule has 5 rings (SSSR count). The number of allylic oxidation sites excluding steroid dienone is 3. The maximum atomic E-state index is 12.5. The fraction of sp³-hybridized carbons (Fsp3) is 0.852. The molecule has 4 heteroatoms. The number of aliphatic hydroxyl groups excluding tert-OH is 1. The molecule has 31 heavy (non-hydrogen) atoms. The van der Waals surface area contributed by atoms with E-state index in [1.165, 1.54) is 38.8 Å². The van der Waals surface area contributed by atoms with Gasteiger partial charge in [0.25, 0.3) is 0 Å². The summed E-state index contributed by atoms with van der Waals surface area (Å²) in [6.45, 7) is 4.74. The van der Waals surface area contributed by atoms with E-state index in [4.69, 9.17) is 0 Å². The molecule has 0 radical (unpaired) electrons. The minimum absolute atomic E-state index is 0.0656. The lowest BCUT2D eigenvalue weighted by atomic mass is 9.48. The highest BCUT2D eigenvalue weighted by atomic mass is 32.3. The second kappa shape index (κ2) is 7.81. The van der Waals surface area contributed by atoms with Crippen molar-refractivity contribution in [1.82, 2.24) is 4.90 Å². The van der Waals surface area contributed by atoms with E-state index >= 15 is 0 Å². The third kappa shape index (κ3) is 3.64. The van der Waals surface area contributed by atoms with Gasteiger partial charge in [-0.25, -0.2) is 10.0 Å². The smallest absolute Gasteiger partial charge is 0.0797 e. The molecule has 1 aliphatic heterocycles. The highest BCUT2D eigenvalue weighted by molar-refractivity contribution is 8.32. The van der Waals surface area contributed by atoms with Crippen molar-refractivity contribution in [2.24, 2.45) is 23.2 Å². The molecule has 0 aromatic rings. The molecule has 1 heterocycles. The average molecular weight is 448 g/mol. The molecule has 4 aliphatic carbocycles. The van der Waals surface area contributed by atoms with Gasteiger partial charge in [-0.3, -0.25) is 0 Å². The summed E-state index contributed by atoms with van der Waals surface area (Å²) in [6, 6.07) is 0. The third-order valence-electron chi connectivity index (χ3n) is 9.69. The molecule has 2 N–H and O–H groups in total. The minimum atomic E-state index is -0.853. The summed E-state index contributed by atoms with van der Waals surface area (Å²) in [5.74, 6) is 2.38. The number of hydrogen-bond acceptors (Lipinski definition) is 3. The first-order valence-corrected chi connectivity index (χ1v) is 15.9. The average Bonchev–Trinajstić information content (AvgIpc) is 3.35. The Kier molecular flexibility index (Phi) is 5.63. The van der Waals surface area contributed by atoms with Crippen LogP contribution < -0.4 is 0 Å². The lowest BCUT2D eigenvalue weighted by molar-refractivity contribution is -0.150. The number of hydrogen-bond donors (Lipinski definition) is 2. The van der Waals surface area contributed by atoms with Crippen LogP contribution in [-0.4, -0.2) is 64.4 Å². The number of fused-ring (bicyclic) bond motifs is 4. The van der Waals surface area contributed by atoms with Crippen LogP contribution >= 0.6 is 10.0 Å². The Labute approximate surface area is 191 Å². The van der Waals surface area contributed by atoms with E-state index in [1.54, 1.807) is 16.8 Å². The van der Waals surface area contributed by atoms with Crippen molar-refractivity contribution in [2.75, 3.05) is 37.6 Å². The molecule has 5 unspecified atom stereocenters. The van der Waals surface area contributed by atoms with Gasteiger partial charge in [0.2, 0.25) is 0 Å². The zero-order valence-corrected chi connectivity index (χ0v) is 21.1. The lowest BCUT2D eigenvalue weighted by Gasteiger charge is -2.60. The van der Waals surface area contributed by atoms with Gasteiger partial charge >= 0.3 is 0 Å². The largest absolute Gasteiger partial charge is 0.393 e. The predicted octanol–water partition coefficient (Wildman–Crippen LogP) is 5.08. The lowest BCUT2D eigenvalue weighted by Crippen LogP contribution is -2.61. The molecule has 0 amide bonds. The van der Waals surface area contributed by atoms with Crippen LogP contribution in [0.2, 0.25) is 0 Å². The maximum absolute atomic E-state index is 12.5. The van der Waals surface area contributed by atoms with E-state index in [-0.39, 0.29) is 11.5 Å². The Balaban J connectivity index is 1.56. The first-order chi connectivity index (χ1) is 14.7. The topological polar surface area (TPSA) is 43.7 Å². The molecular weight excluding hydrogens is 402 g/mol. The van der Waals surface area contributed by atoms with E-state index in [0.29, 0.717) is 17.8 Å². The highest BCUT2D eigenvalue weighted by Crippen LogP contribution is 2.66. The summed E-state index contributed by atoms with van der Waals surface area (Å²) < 4.78 is 0. The fourth-order valence-electron chi connectivity index (χ4n) is 8.78. The molecule has 3 fully saturated rings. The van der Waals surface area contributed by atoms with Crippen molar-refractivity contribution in [3.8, 4) is 0 Å². The van der Waals surface area contributed by atoms with Gasteiger partial charge < -0.3 is 15.1 Å². The molecule has 3 nitrogen and oxygen atoms in total. The Bertz CT molecular complexity index is 777. The van der Waals surface area contributed by atoms with Crippen LogP contribution in [0.15, 0.2) is 22.9 Å².